The van der Waals surface area contributed by atoms with Crippen molar-refractivity contribution in [2.24, 2.45) is 0 Å². The monoisotopic (exact) mass is 380 g/mol. The zero-order valence-electron chi connectivity index (χ0n) is 16.1. The van der Waals surface area contributed by atoms with Gasteiger partial charge in [0, 0.05) is 41.8 Å². The quantitative estimate of drug-likeness (QED) is 0.522. The van der Waals surface area contributed by atoms with Gasteiger partial charge in [-0.15, -0.1) is 0 Å². The number of aromatic amines is 1. The number of ketones is 1. The molecule has 0 bridgehead atoms. The highest BCUT2D eigenvalue weighted by Crippen LogP contribution is 2.50. The number of Topliss-reactive ketones (excluding diaryl/α,β-unsaturated/α-hetero) is 1. The van der Waals surface area contributed by atoms with Crippen molar-refractivity contribution >= 4 is 28.3 Å². The van der Waals surface area contributed by atoms with Crippen molar-refractivity contribution in [2.45, 2.75) is 11.8 Å². The molecule has 0 saturated heterocycles. The predicted molar refractivity (Wildman–Crippen MR) is 114 cm³/mol. The molecule has 1 amide bonds. The van der Waals surface area contributed by atoms with Gasteiger partial charge in [0.2, 0.25) is 5.91 Å². The average Bonchev–Trinajstić information content (AvgIpc) is 3.29. The summed E-state index contributed by atoms with van der Waals surface area (Å²) in [6.45, 7) is 0. The van der Waals surface area contributed by atoms with Gasteiger partial charge in [-0.25, -0.2) is 0 Å². The Balaban J connectivity index is 1.77. The lowest BCUT2D eigenvalue weighted by Crippen LogP contribution is -2.41. The van der Waals surface area contributed by atoms with Crippen LogP contribution in [-0.4, -0.2) is 23.7 Å². The predicted octanol–water partition coefficient (Wildman–Crippen LogP) is 4.70. The fraction of sp³-hybridized carbons (Fsp3) is 0.120. The van der Waals surface area contributed by atoms with E-state index in [0.717, 1.165) is 27.7 Å². The van der Waals surface area contributed by atoms with Gasteiger partial charge in [-0.2, -0.15) is 0 Å². The second-order valence-electron chi connectivity index (χ2n) is 7.50. The Morgan fingerprint density at radius 2 is 1.59 bits per heavy atom. The molecule has 4 heteroatoms. The van der Waals surface area contributed by atoms with Crippen LogP contribution in [0.2, 0.25) is 0 Å². The Morgan fingerprint density at radius 3 is 2.41 bits per heavy atom. The Hall–Kier alpha value is -3.66. The molecule has 2 heterocycles. The minimum atomic E-state index is -1.06. The van der Waals surface area contributed by atoms with Gasteiger partial charge in [0.1, 0.15) is 5.41 Å². The molecule has 4 nitrogen and oxygen atoms in total. The number of carbonyl (C=O) groups excluding carboxylic acids is 2. The molecule has 0 spiro atoms. The Kier molecular flexibility index (Phi) is 3.88. The molecule has 1 aromatic heterocycles. The lowest BCUT2D eigenvalue weighted by Gasteiger charge is -2.28. The summed E-state index contributed by atoms with van der Waals surface area (Å²) < 4.78 is 0. The van der Waals surface area contributed by atoms with Crippen LogP contribution >= 0.6 is 0 Å². The van der Waals surface area contributed by atoms with Crippen LogP contribution in [0.1, 0.15) is 27.9 Å². The number of fused-ring (bicyclic) bond motifs is 2. The summed E-state index contributed by atoms with van der Waals surface area (Å²) in [5, 5.41) is 0.965. The highest BCUT2D eigenvalue weighted by Gasteiger charge is 2.53. The molecule has 0 aliphatic carbocycles. The van der Waals surface area contributed by atoms with E-state index in [1.807, 2.05) is 72.9 Å². The van der Waals surface area contributed by atoms with E-state index in [1.54, 1.807) is 24.1 Å². The largest absolute Gasteiger partial charge is 0.361 e. The second-order valence-corrected chi connectivity index (χ2v) is 7.50. The lowest BCUT2D eigenvalue weighted by atomic mass is 9.71. The maximum absolute atomic E-state index is 13.8. The third kappa shape index (κ3) is 2.46. The van der Waals surface area contributed by atoms with Gasteiger partial charge in [-0.3, -0.25) is 9.59 Å². The zero-order valence-corrected chi connectivity index (χ0v) is 16.1. The minimum absolute atomic E-state index is 0.0469. The number of hydrogen-bond acceptors (Lipinski definition) is 2. The molecule has 0 fully saturated rings. The number of amides is 1. The van der Waals surface area contributed by atoms with Crippen LogP contribution in [0.5, 0.6) is 0 Å². The van der Waals surface area contributed by atoms with Crippen LogP contribution in [0.15, 0.2) is 85.1 Å². The summed E-state index contributed by atoms with van der Waals surface area (Å²) in [4.78, 5) is 32.0. The molecule has 142 valence electrons. The Labute approximate surface area is 168 Å². The van der Waals surface area contributed by atoms with E-state index in [-0.39, 0.29) is 18.1 Å². The van der Waals surface area contributed by atoms with Crippen molar-refractivity contribution in [2.75, 3.05) is 11.9 Å². The number of anilines is 1. The summed E-state index contributed by atoms with van der Waals surface area (Å²) in [6.07, 6.45) is 1.97. The average molecular weight is 380 g/mol. The van der Waals surface area contributed by atoms with Gasteiger partial charge in [0.25, 0.3) is 0 Å². The highest BCUT2D eigenvalue weighted by atomic mass is 16.2. The normalized spacial score (nSPS) is 18.2. The van der Waals surface area contributed by atoms with Crippen molar-refractivity contribution in [1.29, 1.82) is 0 Å². The molecule has 1 aliphatic rings. The van der Waals surface area contributed by atoms with Gasteiger partial charge >= 0.3 is 0 Å². The number of aromatic nitrogens is 1. The summed E-state index contributed by atoms with van der Waals surface area (Å²) in [7, 11) is 1.78. The third-order valence-electron chi connectivity index (χ3n) is 5.97. The van der Waals surface area contributed by atoms with Crippen LogP contribution < -0.4 is 4.90 Å². The number of rotatable bonds is 4. The molecular formula is C25H20N2O2. The molecule has 1 N–H and O–H groups in total. The summed E-state index contributed by atoms with van der Waals surface area (Å²) >= 11 is 0. The van der Waals surface area contributed by atoms with Gasteiger partial charge in [0.15, 0.2) is 5.78 Å². The van der Waals surface area contributed by atoms with E-state index in [1.165, 1.54) is 0 Å². The number of carbonyl (C=O) groups is 2. The number of para-hydroxylation sites is 2. The van der Waals surface area contributed by atoms with Crippen LogP contribution in [0, 0.1) is 0 Å². The molecule has 1 unspecified atom stereocenters. The summed E-state index contributed by atoms with van der Waals surface area (Å²) in [6, 6.07) is 24.9. The highest BCUT2D eigenvalue weighted by molar-refractivity contribution is 6.15. The first-order valence-electron chi connectivity index (χ1n) is 9.65. The van der Waals surface area contributed by atoms with Crippen molar-refractivity contribution in [1.82, 2.24) is 4.98 Å². The Morgan fingerprint density at radius 1 is 0.897 bits per heavy atom. The molecule has 4 aromatic rings. The van der Waals surface area contributed by atoms with Crippen molar-refractivity contribution in [3.8, 4) is 0 Å². The van der Waals surface area contributed by atoms with E-state index in [4.69, 9.17) is 0 Å². The van der Waals surface area contributed by atoms with Crippen molar-refractivity contribution in [3.05, 3.63) is 102 Å². The van der Waals surface area contributed by atoms with E-state index < -0.39 is 5.41 Å². The van der Waals surface area contributed by atoms with Gasteiger partial charge < -0.3 is 9.88 Å². The number of nitrogens with one attached hydrogen (secondary N) is 1. The standard InChI is InChI=1S/C25H20N2O2/c1-27-22-14-8-6-12-19(22)25(24(27)29,15-23(28)17-9-3-2-4-10-17)20-16-26-21-13-7-5-11-18(20)21/h2-14,16,26H,15H2,1H3. The maximum atomic E-state index is 13.8. The van der Waals surface area contributed by atoms with E-state index >= 15 is 0 Å². The summed E-state index contributed by atoms with van der Waals surface area (Å²) in [5.74, 6) is -0.123. The van der Waals surface area contributed by atoms with Crippen molar-refractivity contribution in [3.63, 3.8) is 0 Å². The topological polar surface area (TPSA) is 53.2 Å². The zero-order chi connectivity index (χ0) is 20.0. The third-order valence-corrected chi connectivity index (χ3v) is 5.97. The van der Waals surface area contributed by atoms with Crippen LogP contribution in [0.25, 0.3) is 10.9 Å². The molecule has 1 aliphatic heterocycles. The molecule has 1 atom stereocenters. The van der Waals surface area contributed by atoms with Crippen LogP contribution in [-0.2, 0) is 10.2 Å². The fourth-order valence-corrected chi connectivity index (χ4v) is 4.56. The number of likely N-dealkylation sites (N-methyl/N-ethyl adjacent to an activating group) is 1. The van der Waals surface area contributed by atoms with Crippen molar-refractivity contribution < 1.29 is 9.59 Å². The lowest BCUT2D eigenvalue weighted by molar-refractivity contribution is -0.121. The number of H-pyrrole nitrogens is 1. The number of hydrogen-bond donors (Lipinski definition) is 1. The molecule has 3 aromatic carbocycles. The van der Waals surface area contributed by atoms with Gasteiger partial charge in [0.05, 0.1) is 0 Å². The van der Waals surface area contributed by atoms with E-state index in [0.29, 0.717) is 5.56 Å². The molecular weight excluding hydrogens is 360 g/mol. The van der Waals surface area contributed by atoms with Gasteiger partial charge in [-0.1, -0.05) is 66.7 Å². The molecule has 0 saturated carbocycles. The Bertz CT molecular complexity index is 1240. The molecule has 5 rings (SSSR count). The summed E-state index contributed by atoms with van der Waals surface area (Å²) in [5.41, 5.74) is 3.09. The number of nitrogens with zero attached hydrogens (tertiary/aromatic N) is 1. The first-order chi connectivity index (χ1) is 14.1. The first-order valence-corrected chi connectivity index (χ1v) is 9.65. The fourth-order valence-electron chi connectivity index (χ4n) is 4.56. The smallest absolute Gasteiger partial charge is 0.242 e. The second kappa shape index (κ2) is 6.45. The molecule has 0 radical (unpaired) electrons. The first kappa shape index (κ1) is 17.4. The van der Waals surface area contributed by atoms with Gasteiger partial charge in [-0.05, 0) is 23.3 Å². The van der Waals surface area contributed by atoms with E-state index in [2.05, 4.69) is 4.98 Å². The minimum Gasteiger partial charge on any atom is -0.361 e. The van der Waals surface area contributed by atoms with Crippen LogP contribution in [0.3, 0.4) is 0 Å². The van der Waals surface area contributed by atoms with E-state index in [9.17, 15) is 9.59 Å². The maximum Gasteiger partial charge on any atom is 0.242 e. The van der Waals surface area contributed by atoms with Crippen LogP contribution in [0.4, 0.5) is 5.69 Å². The SMILES string of the molecule is CN1C(=O)C(CC(=O)c2ccccc2)(c2c[nH]c3ccccc23)c2ccccc21. The molecule has 29 heavy (non-hydrogen) atoms. The number of benzene rings is 3.